The molecule has 1 aromatic rings. The largest absolute Gasteiger partial charge is 0.467 e. The molecule has 1 saturated carbocycles. The fraction of sp³-hybridized carbons (Fsp3) is 0.619. The lowest BCUT2D eigenvalue weighted by atomic mass is 9.80. The van der Waals surface area contributed by atoms with Crippen LogP contribution >= 0.6 is 0 Å². The normalized spacial score (nSPS) is 16.9. The average molecular weight is 425 g/mol. The Morgan fingerprint density at radius 1 is 1.17 bits per heavy atom. The van der Waals surface area contributed by atoms with Crippen LogP contribution in [0.5, 0.6) is 0 Å². The van der Waals surface area contributed by atoms with Gasteiger partial charge >= 0.3 is 5.97 Å². The quantitative estimate of drug-likeness (QED) is 0.338. The van der Waals surface area contributed by atoms with Gasteiger partial charge in [-0.25, -0.2) is 13.2 Å². The van der Waals surface area contributed by atoms with E-state index in [0.717, 1.165) is 31.2 Å². The van der Waals surface area contributed by atoms with E-state index in [1.54, 1.807) is 12.1 Å². The molecule has 1 atom stereocenters. The van der Waals surface area contributed by atoms with Crippen LogP contribution in [0.3, 0.4) is 0 Å². The molecule has 3 N–H and O–H groups in total. The second-order valence-electron chi connectivity index (χ2n) is 8.07. The van der Waals surface area contributed by atoms with Crippen LogP contribution < -0.4 is 11.1 Å². The van der Waals surface area contributed by atoms with Crippen molar-refractivity contribution in [3.8, 4) is 0 Å². The molecular weight excluding hydrogens is 392 g/mol. The molecule has 0 heterocycles. The minimum Gasteiger partial charge on any atom is -0.467 e. The van der Waals surface area contributed by atoms with E-state index >= 15 is 0 Å². The zero-order chi connectivity index (χ0) is 21.5. The summed E-state index contributed by atoms with van der Waals surface area (Å²) >= 11 is 0. The number of amides is 1. The SMILES string of the molecule is COC(=O)C(Cc1ccc(N)cc1)NC(=O)C1(CCCCS(C)(=O)=O)CCCC1. The molecular formula is C21H32N2O5S. The third kappa shape index (κ3) is 7.03. The summed E-state index contributed by atoms with van der Waals surface area (Å²) < 4.78 is 27.6. The zero-order valence-corrected chi connectivity index (χ0v) is 18.1. The highest BCUT2D eigenvalue weighted by Crippen LogP contribution is 2.42. The maximum absolute atomic E-state index is 13.2. The summed E-state index contributed by atoms with van der Waals surface area (Å²) in [5, 5.41) is 2.91. The number of methoxy groups -OCH3 is 1. The van der Waals surface area contributed by atoms with Crippen molar-refractivity contribution >= 4 is 27.4 Å². The van der Waals surface area contributed by atoms with Gasteiger partial charge in [0.2, 0.25) is 5.91 Å². The molecule has 1 fully saturated rings. The lowest BCUT2D eigenvalue weighted by Crippen LogP contribution is -2.49. The molecule has 0 spiro atoms. The van der Waals surface area contributed by atoms with Crippen LogP contribution in [0.4, 0.5) is 5.69 Å². The lowest BCUT2D eigenvalue weighted by molar-refractivity contribution is -0.146. The van der Waals surface area contributed by atoms with Gasteiger partial charge < -0.3 is 15.8 Å². The number of carbonyl (C=O) groups excluding carboxylic acids is 2. The molecule has 8 heteroatoms. The van der Waals surface area contributed by atoms with Gasteiger partial charge in [-0.2, -0.15) is 0 Å². The van der Waals surface area contributed by atoms with Gasteiger partial charge in [0.05, 0.1) is 7.11 Å². The van der Waals surface area contributed by atoms with Crippen LogP contribution in [0.15, 0.2) is 24.3 Å². The smallest absolute Gasteiger partial charge is 0.328 e. The summed E-state index contributed by atoms with van der Waals surface area (Å²) in [7, 11) is -1.70. The van der Waals surface area contributed by atoms with E-state index in [-0.39, 0.29) is 11.7 Å². The van der Waals surface area contributed by atoms with Gasteiger partial charge in [0.25, 0.3) is 0 Å². The summed E-state index contributed by atoms with van der Waals surface area (Å²) in [6.45, 7) is 0. The van der Waals surface area contributed by atoms with Gasteiger partial charge in [-0.1, -0.05) is 31.4 Å². The fourth-order valence-electron chi connectivity index (χ4n) is 4.01. The summed E-state index contributed by atoms with van der Waals surface area (Å²) in [6, 6.07) is 6.39. The van der Waals surface area contributed by atoms with Gasteiger partial charge in [0, 0.05) is 29.5 Å². The van der Waals surface area contributed by atoms with Crippen LogP contribution in [0.1, 0.15) is 50.5 Å². The average Bonchev–Trinajstić information content (AvgIpc) is 3.15. The Morgan fingerprint density at radius 2 is 1.79 bits per heavy atom. The fourth-order valence-corrected chi connectivity index (χ4v) is 4.73. The van der Waals surface area contributed by atoms with Crippen LogP contribution in [-0.4, -0.2) is 45.5 Å². The highest BCUT2D eigenvalue weighted by atomic mass is 32.2. The number of rotatable bonds is 10. The summed E-state index contributed by atoms with van der Waals surface area (Å²) in [5.41, 5.74) is 6.68. The second-order valence-corrected chi connectivity index (χ2v) is 10.3. The van der Waals surface area contributed by atoms with Gasteiger partial charge in [0.15, 0.2) is 0 Å². The van der Waals surface area contributed by atoms with Gasteiger partial charge in [-0.05, 0) is 43.4 Å². The van der Waals surface area contributed by atoms with Crippen LogP contribution in [-0.2, 0) is 30.6 Å². The third-order valence-electron chi connectivity index (χ3n) is 5.67. The first-order chi connectivity index (χ1) is 13.6. The van der Waals surface area contributed by atoms with E-state index in [1.165, 1.54) is 13.4 Å². The molecule has 2 rings (SSSR count). The molecule has 1 unspecified atom stereocenters. The van der Waals surface area contributed by atoms with Crippen LogP contribution in [0.2, 0.25) is 0 Å². The first-order valence-electron chi connectivity index (χ1n) is 10.1. The molecule has 0 aliphatic heterocycles. The Kier molecular flexibility index (Phi) is 8.07. The number of sulfone groups is 1. The Hall–Kier alpha value is -2.09. The van der Waals surface area contributed by atoms with E-state index in [9.17, 15) is 18.0 Å². The standard InChI is InChI=1S/C21H32N2O5S/c1-28-19(24)18(15-16-7-9-17(22)10-8-16)23-20(25)21(11-3-4-12-21)13-5-6-14-29(2,26)27/h7-10,18H,3-6,11-15,22H2,1-2H3,(H,23,25). The Labute approximate surface area is 173 Å². The van der Waals surface area contributed by atoms with Crippen molar-refractivity contribution in [1.29, 1.82) is 0 Å². The van der Waals surface area contributed by atoms with Crippen LogP contribution in [0, 0.1) is 5.41 Å². The Bertz CT molecular complexity index is 799. The lowest BCUT2D eigenvalue weighted by Gasteiger charge is -2.30. The number of hydrogen-bond acceptors (Lipinski definition) is 6. The first-order valence-corrected chi connectivity index (χ1v) is 12.1. The Morgan fingerprint density at radius 3 is 2.34 bits per heavy atom. The Balaban J connectivity index is 2.05. The van der Waals surface area contributed by atoms with Crippen molar-refractivity contribution in [1.82, 2.24) is 5.32 Å². The molecule has 0 radical (unpaired) electrons. The van der Waals surface area contributed by atoms with E-state index in [2.05, 4.69) is 5.32 Å². The van der Waals surface area contributed by atoms with Gasteiger partial charge in [-0.3, -0.25) is 4.79 Å². The minimum absolute atomic E-state index is 0.132. The summed E-state index contributed by atoms with van der Waals surface area (Å²) in [5.74, 6) is -0.493. The molecule has 0 bridgehead atoms. The highest BCUT2D eigenvalue weighted by Gasteiger charge is 2.41. The number of nitrogens with two attached hydrogens (primary N) is 1. The molecule has 1 aliphatic rings. The first kappa shape index (κ1) is 23.2. The maximum Gasteiger partial charge on any atom is 0.328 e. The molecule has 1 amide bonds. The summed E-state index contributed by atoms with van der Waals surface area (Å²) in [4.78, 5) is 25.5. The molecule has 29 heavy (non-hydrogen) atoms. The van der Waals surface area contributed by atoms with E-state index < -0.39 is 27.3 Å². The third-order valence-corrected chi connectivity index (χ3v) is 6.70. The summed E-state index contributed by atoms with van der Waals surface area (Å²) in [6.07, 6.45) is 6.82. The number of unbranched alkanes of at least 4 members (excludes halogenated alkanes) is 1. The molecule has 0 saturated heterocycles. The van der Waals surface area contributed by atoms with E-state index in [0.29, 0.717) is 31.4 Å². The number of nitrogens with one attached hydrogen (secondary N) is 1. The van der Waals surface area contributed by atoms with Crippen molar-refractivity contribution in [2.75, 3.05) is 24.9 Å². The number of benzene rings is 1. The van der Waals surface area contributed by atoms with Crippen molar-refractivity contribution in [2.24, 2.45) is 5.41 Å². The minimum atomic E-state index is -3.00. The second kappa shape index (κ2) is 10.1. The van der Waals surface area contributed by atoms with Crippen molar-refractivity contribution in [3.63, 3.8) is 0 Å². The van der Waals surface area contributed by atoms with Gasteiger partial charge in [0.1, 0.15) is 15.9 Å². The molecule has 1 aromatic carbocycles. The molecule has 0 aromatic heterocycles. The maximum atomic E-state index is 13.2. The molecule has 7 nitrogen and oxygen atoms in total. The van der Waals surface area contributed by atoms with Crippen molar-refractivity contribution < 1.29 is 22.7 Å². The number of carbonyl (C=O) groups is 2. The number of esters is 1. The van der Waals surface area contributed by atoms with E-state index in [4.69, 9.17) is 10.5 Å². The number of ether oxygens (including phenoxy) is 1. The van der Waals surface area contributed by atoms with Gasteiger partial charge in [-0.15, -0.1) is 0 Å². The number of anilines is 1. The topological polar surface area (TPSA) is 116 Å². The monoisotopic (exact) mass is 424 g/mol. The molecule has 1 aliphatic carbocycles. The highest BCUT2D eigenvalue weighted by molar-refractivity contribution is 7.90. The zero-order valence-electron chi connectivity index (χ0n) is 17.3. The van der Waals surface area contributed by atoms with E-state index in [1.807, 2.05) is 12.1 Å². The number of hydrogen-bond donors (Lipinski definition) is 2. The predicted molar refractivity (Wildman–Crippen MR) is 113 cm³/mol. The predicted octanol–water partition coefficient (Wildman–Crippen LogP) is 2.24. The van der Waals surface area contributed by atoms with Crippen molar-refractivity contribution in [2.45, 2.75) is 57.4 Å². The van der Waals surface area contributed by atoms with Crippen LogP contribution in [0.25, 0.3) is 0 Å². The number of nitrogen functional groups attached to an aromatic ring is 1. The van der Waals surface area contributed by atoms with Crippen molar-refractivity contribution in [3.05, 3.63) is 29.8 Å². The molecule has 162 valence electrons.